The summed E-state index contributed by atoms with van der Waals surface area (Å²) in [6, 6.07) is 2.07. The third-order valence-corrected chi connectivity index (χ3v) is 2.56. The third-order valence-electron chi connectivity index (χ3n) is 2.56. The Hall–Kier alpha value is -0.870. The number of nitrogens with one attached hydrogen (secondary N) is 2. The fourth-order valence-electron chi connectivity index (χ4n) is 1.56. The summed E-state index contributed by atoms with van der Waals surface area (Å²) >= 11 is 0. The molecule has 2 N–H and O–H groups in total. The number of H-pyrrole nitrogens is 1. The predicted octanol–water partition coefficient (Wildman–Crippen LogP) is 1.15. The first-order valence-corrected chi connectivity index (χ1v) is 5.70. The van der Waals surface area contributed by atoms with Crippen LogP contribution in [-0.2, 0) is 6.54 Å². The van der Waals surface area contributed by atoms with Gasteiger partial charge in [-0.2, -0.15) is 5.10 Å². The van der Waals surface area contributed by atoms with Gasteiger partial charge in [0.15, 0.2) is 0 Å². The maximum absolute atomic E-state index is 4.17. The van der Waals surface area contributed by atoms with Crippen molar-refractivity contribution in [1.82, 2.24) is 20.4 Å². The summed E-state index contributed by atoms with van der Waals surface area (Å²) in [6.45, 7) is 11.6. The van der Waals surface area contributed by atoms with Crippen LogP contribution in [0, 0.1) is 6.92 Å². The minimum absolute atomic E-state index is 0.853. The van der Waals surface area contributed by atoms with E-state index in [2.05, 4.69) is 40.3 Å². The fraction of sp³-hybridized carbons (Fsp3) is 0.727. The van der Waals surface area contributed by atoms with E-state index in [0.717, 1.165) is 44.1 Å². The largest absolute Gasteiger partial charge is 0.310 e. The monoisotopic (exact) mass is 210 g/mol. The molecule has 4 nitrogen and oxygen atoms in total. The van der Waals surface area contributed by atoms with E-state index in [1.807, 2.05) is 6.92 Å². The van der Waals surface area contributed by atoms with Gasteiger partial charge < -0.3 is 10.2 Å². The van der Waals surface area contributed by atoms with Gasteiger partial charge in [-0.1, -0.05) is 13.8 Å². The molecule has 1 rings (SSSR count). The molecule has 0 saturated carbocycles. The summed E-state index contributed by atoms with van der Waals surface area (Å²) in [5, 5.41) is 10.5. The molecule has 86 valence electrons. The van der Waals surface area contributed by atoms with Crippen LogP contribution in [-0.4, -0.2) is 41.3 Å². The van der Waals surface area contributed by atoms with Crippen molar-refractivity contribution >= 4 is 0 Å². The molecule has 4 heteroatoms. The molecular weight excluding hydrogens is 188 g/mol. The maximum Gasteiger partial charge on any atom is 0.0762 e. The number of aromatic nitrogens is 2. The lowest BCUT2D eigenvalue weighted by molar-refractivity contribution is 0.302. The molecule has 0 amide bonds. The number of likely N-dealkylation sites (N-methyl/N-ethyl adjacent to an activating group) is 1. The van der Waals surface area contributed by atoms with Crippen molar-refractivity contribution in [3.63, 3.8) is 0 Å². The van der Waals surface area contributed by atoms with Gasteiger partial charge in [-0.15, -0.1) is 0 Å². The molecular formula is C11H22N4. The van der Waals surface area contributed by atoms with Crippen molar-refractivity contribution in [1.29, 1.82) is 0 Å². The summed E-state index contributed by atoms with van der Waals surface area (Å²) in [4.78, 5) is 2.41. The highest BCUT2D eigenvalue weighted by molar-refractivity contribution is 5.05. The first-order valence-electron chi connectivity index (χ1n) is 5.70. The minimum atomic E-state index is 0.853. The van der Waals surface area contributed by atoms with E-state index in [9.17, 15) is 0 Å². The Morgan fingerprint density at radius 1 is 1.40 bits per heavy atom. The van der Waals surface area contributed by atoms with Gasteiger partial charge >= 0.3 is 0 Å². The molecule has 0 aliphatic rings. The molecule has 0 radical (unpaired) electrons. The lowest BCUT2D eigenvalue weighted by atomic mass is 10.3. The van der Waals surface area contributed by atoms with Gasteiger partial charge in [-0.3, -0.25) is 5.10 Å². The standard InChI is InChI=1S/C11H22N4/c1-4-15(5-2)7-6-12-9-11-8-10(3)13-14-11/h8,12H,4-7,9H2,1-3H3,(H,13,14). The summed E-state index contributed by atoms with van der Waals surface area (Å²) < 4.78 is 0. The van der Waals surface area contributed by atoms with E-state index in [-0.39, 0.29) is 0 Å². The molecule has 15 heavy (non-hydrogen) atoms. The molecule has 0 aliphatic heterocycles. The summed E-state index contributed by atoms with van der Waals surface area (Å²) in [5.74, 6) is 0. The SMILES string of the molecule is CCN(CC)CCNCc1cc(C)[nH]n1. The summed E-state index contributed by atoms with van der Waals surface area (Å²) in [5.41, 5.74) is 2.21. The Kier molecular flexibility index (Phi) is 5.36. The lowest BCUT2D eigenvalue weighted by Crippen LogP contribution is -2.31. The Labute approximate surface area is 92.1 Å². The third kappa shape index (κ3) is 4.44. The summed E-state index contributed by atoms with van der Waals surface area (Å²) in [7, 11) is 0. The van der Waals surface area contributed by atoms with Gasteiger partial charge in [0.1, 0.15) is 0 Å². The highest BCUT2D eigenvalue weighted by atomic mass is 15.1. The van der Waals surface area contributed by atoms with E-state index in [1.54, 1.807) is 0 Å². The molecule has 0 atom stereocenters. The van der Waals surface area contributed by atoms with E-state index >= 15 is 0 Å². The van der Waals surface area contributed by atoms with Crippen molar-refractivity contribution in [2.75, 3.05) is 26.2 Å². The minimum Gasteiger partial charge on any atom is -0.310 e. The molecule has 0 aliphatic carbocycles. The zero-order chi connectivity index (χ0) is 11.1. The van der Waals surface area contributed by atoms with Crippen molar-refractivity contribution in [3.8, 4) is 0 Å². The van der Waals surface area contributed by atoms with Crippen molar-refractivity contribution in [2.45, 2.75) is 27.3 Å². The van der Waals surface area contributed by atoms with Crippen LogP contribution >= 0.6 is 0 Å². The number of nitrogens with zero attached hydrogens (tertiary/aromatic N) is 2. The number of hydrogen-bond donors (Lipinski definition) is 2. The highest BCUT2D eigenvalue weighted by Crippen LogP contribution is 1.96. The quantitative estimate of drug-likeness (QED) is 0.664. The van der Waals surface area contributed by atoms with Gasteiger partial charge in [0.25, 0.3) is 0 Å². The van der Waals surface area contributed by atoms with Gasteiger partial charge in [0.05, 0.1) is 5.69 Å². The Balaban J connectivity index is 2.11. The number of rotatable bonds is 7. The van der Waals surface area contributed by atoms with E-state index in [4.69, 9.17) is 0 Å². The van der Waals surface area contributed by atoms with Gasteiger partial charge in [0, 0.05) is 25.3 Å². The van der Waals surface area contributed by atoms with Gasteiger partial charge in [-0.05, 0) is 26.1 Å². The van der Waals surface area contributed by atoms with Crippen LogP contribution in [0.3, 0.4) is 0 Å². The van der Waals surface area contributed by atoms with Crippen LogP contribution in [0.4, 0.5) is 0 Å². The average molecular weight is 210 g/mol. The average Bonchev–Trinajstić information content (AvgIpc) is 2.65. The lowest BCUT2D eigenvalue weighted by Gasteiger charge is -2.17. The normalized spacial score (nSPS) is 11.2. The molecule has 1 heterocycles. The summed E-state index contributed by atoms with van der Waals surface area (Å²) in [6.07, 6.45) is 0. The molecule has 0 unspecified atom stereocenters. The van der Waals surface area contributed by atoms with Crippen molar-refractivity contribution in [3.05, 3.63) is 17.5 Å². The number of aryl methyl sites for hydroxylation is 1. The first kappa shape index (κ1) is 12.2. The molecule has 1 aromatic rings. The van der Waals surface area contributed by atoms with Crippen LogP contribution in [0.5, 0.6) is 0 Å². The maximum atomic E-state index is 4.17. The zero-order valence-electron chi connectivity index (χ0n) is 10.0. The van der Waals surface area contributed by atoms with Crippen LogP contribution in [0.1, 0.15) is 25.2 Å². The molecule has 0 spiro atoms. The van der Waals surface area contributed by atoms with E-state index in [1.165, 1.54) is 0 Å². The number of aromatic amines is 1. The predicted molar refractivity (Wildman–Crippen MR) is 62.8 cm³/mol. The van der Waals surface area contributed by atoms with Crippen molar-refractivity contribution < 1.29 is 0 Å². The zero-order valence-corrected chi connectivity index (χ0v) is 10.0. The number of hydrogen-bond acceptors (Lipinski definition) is 3. The Bertz CT molecular complexity index is 265. The molecule has 0 bridgehead atoms. The Morgan fingerprint density at radius 2 is 2.13 bits per heavy atom. The van der Waals surface area contributed by atoms with Crippen LogP contribution in [0.2, 0.25) is 0 Å². The van der Waals surface area contributed by atoms with E-state index in [0.29, 0.717) is 0 Å². The highest BCUT2D eigenvalue weighted by Gasteiger charge is 1.99. The first-order chi connectivity index (χ1) is 7.26. The smallest absolute Gasteiger partial charge is 0.0762 e. The fourth-order valence-corrected chi connectivity index (χ4v) is 1.56. The molecule has 0 aromatic carbocycles. The van der Waals surface area contributed by atoms with Crippen LogP contribution in [0.15, 0.2) is 6.07 Å². The second-order valence-corrected chi connectivity index (χ2v) is 3.75. The second kappa shape index (κ2) is 6.58. The topological polar surface area (TPSA) is 44.0 Å². The van der Waals surface area contributed by atoms with Crippen LogP contribution in [0.25, 0.3) is 0 Å². The molecule has 0 saturated heterocycles. The van der Waals surface area contributed by atoms with Gasteiger partial charge in [-0.25, -0.2) is 0 Å². The van der Waals surface area contributed by atoms with Crippen LogP contribution < -0.4 is 5.32 Å². The molecule has 1 aromatic heterocycles. The molecule has 0 fully saturated rings. The Morgan fingerprint density at radius 3 is 2.67 bits per heavy atom. The second-order valence-electron chi connectivity index (χ2n) is 3.75. The van der Waals surface area contributed by atoms with Gasteiger partial charge in [0.2, 0.25) is 0 Å². The van der Waals surface area contributed by atoms with Crippen molar-refractivity contribution in [2.24, 2.45) is 0 Å². The van der Waals surface area contributed by atoms with E-state index < -0.39 is 0 Å².